The Morgan fingerprint density at radius 3 is 1.64 bits per heavy atom. The Bertz CT molecular complexity index is 656. The molecular weight excluding hydrogens is 355 g/mol. The van der Waals surface area contributed by atoms with E-state index in [0.29, 0.717) is 25.7 Å². The van der Waals surface area contributed by atoms with E-state index in [-0.39, 0.29) is 0 Å². The zero-order valence-electron chi connectivity index (χ0n) is 12.4. The summed E-state index contributed by atoms with van der Waals surface area (Å²) < 4.78 is 64.4. The summed E-state index contributed by atoms with van der Waals surface area (Å²) in [4.78, 5) is 0. The van der Waals surface area contributed by atoms with E-state index in [4.69, 9.17) is 0 Å². The van der Waals surface area contributed by atoms with Crippen LogP contribution in [0.15, 0.2) is 13.5 Å². The van der Waals surface area contributed by atoms with Crippen LogP contribution < -0.4 is 0 Å². The molecule has 2 unspecified atom stereocenters. The van der Waals surface area contributed by atoms with Gasteiger partial charge in [-0.05, 0) is 24.2 Å². The van der Waals surface area contributed by atoms with Gasteiger partial charge in [0.15, 0.2) is 0 Å². The van der Waals surface area contributed by atoms with E-state index in [1.165, 1.54) is 0 Å². The van der Waals surface area contributed by atoms with Crippen molar-refractivity contribution < 1.29 is 16.8 Å². The number of hydrogen-bond donors (Lipinski definition) is 0. The van der Waals surface area contributed by atoms with Gasteiger partial charge in [0.25, 0.3) is 0 Å². The first kappa shape index (κ1) is 19.6. The molecule has 1 aliphatic heterocycles. The summed E-state index contributed by atoms with van der Waals surface area (Å²) in [6, 6.07) is 0. The first-order chi connectivity index (χ1) is 10.2. The van der Waals surface area contributed by atoms with E-state index >= 15 is 0 Å². The number of unbranched alkanes of at least 4 members (excludes halogenated alkanes) is 4. The van der Waals surface area contributed by atoms with E-state index in [2.05, 4.69) is 25.4 Å². The van der Waals surface area contributed by atoms with Gasteiger partial charge in [-0.1, -0.05) is 38.5 Å². The molecule has 0 aliphatic carbocycles. The minimum atomic E-state index is -5.39. The van der Waals surface area contributed by atoms with Crippen molar-refractivity contribution in [3.05, 3.63) is 0 Å². The molecule has 3 nitrogen and oxygen atoms in total. The van der Waals surface area contributed by atoms with Crippen LogP contribution in [0.1, 0.15) is 52.4 Å². The second kappa shape index (κ2) is 8.40. The Morgan fingerprint density at radius 2 is 1.18 bits per heavy atom. The Balaban J connectivity index is 3.18. The van der Waals surface area contributed by atoms with Crippen molar-refractivity contribution in [2.45, 2.75) is 52.4 Å². The maximum atomic E-state index is 14.4. The molecule has 0 fully saturated rings. The maximum Gasteiger partial charge on any atom is 0.422 e. The predicted molar refractivity (Wildman–Crippen MR) is 87.1 cm³/mol. The highest BCUT2D eigenvalue weighted by atomic mass is 31.3. The van der Waals surface area contributed by atoms with Gasteiger partial charge in [0.05, 0.1) is 0 Å². The fraction of sp³-hybridized carbons (Fsp3) is 0.667. The molecule has 1 rings (SSSR count). The molecule has 124 valence electrons. The van der Waals surface area contributed by atoms with Gasteiger partial charge in [-0.3, -0.25) is 0 Å². The molecule has 22 heavy (non-hydrogen) atoms. The average molecular weight is 373 g/mol. The molecule has 2 atom stereocenters. The number of nitrogens with zero attached hydrogens (tertiary/aromatic N) is 3. The van der Waals surface area contributed by atoms with Gasteiger partial charge < -0.3 is 0 Å². The third-order valence-electron chi connectivity index (χ3n) is 2.44. The summed E-state index contributed by atoms with van der Waals surface area (Å²) in [5, 5.41) is 0. The van der Waals surface area contributed by atoms with Crippen LogP contribution in [0.3, 0.4) is 0 Å². The molecular formula is C12H18F4N3P3. The van der Waals surface area contributed by atoms with Crippen molar-refractivity contribution >= 4 is 22.9 Å². The quantitative estimate of drug-likeness (QED) is 0.206. The van der Waals surface area contributed by atoms with Crippen LogP contribution in [0.2, 0.25) is 0 Å². The Labute approximate surface area is 129 Å². The zero-order valence-corrected chi connectivity index (χ0v) is 15.1. The lowest BCUT2D eigenvalue weighted by Gasteiger charge is -2.14. The number of halogens is 4. The van der Waals surface area contributed by atoms with Crippen molar-refractivity contribution in [1.82, 2.24) is 0 Å². The van der Waals surface area contributed by atoms with Crippen LogP contribution in [0.5, 0.6) is 0 Å². The zero-order chi connectivity index (χ0) is 16.7. The molecule has 0 saturated heterocycles. The van der Waals surface area contributed by atoms with Gasteiger partial charge >= 0.3 is 22.9 Å². The third kappa shape index (κ3) is 6.75. The van der Waals surface area contributed by atoms with Gasteiger partial charge in [0, 0.05) is 12.8 Å². The SMILES string of the molecule is CCCCC#CP1(F)=NP(F)(F)=NP(F)(C#CCCCC)=N1. The summed E-state index contributed by atoms with van der Waals surface area (Å²) in [7, 11) is -14.5. The van der Waals surface area contributed by atoms with Crippen LogP contribution in [0.4, 0.5) is 16.8 Å². The standard InChI is InChI=1S/C12H18F4N3P3/c1-3-5-7-9-11-20(13)17-21(14,12-10-8-6-4-2)19-22(15,16)18-20/h3-8H2,1-2H3. The lowest BCUT2D eigenvalue weighted by molar-refractivity contribution is 0.722. The molecule has 0 bridgehead atoms. The van der Waals surface area contributed by atoms with Gasteiger partial charge in [0.2, 0.25) is 0 Å². The van der Waals surface area contributed by atoms with Crippen molar-refractivity contribution in [2.75, 3.05) is 0 Å². The van der Waals surface area contributed by atoms with Crippen molar-refractivity contribution in [1.29, 1.82) is 0 Å². The molecule has 0 radical (unpaired) electrons. The smallest absolute Gasteiger partial charge is 0.168 e. The van der Waals surface area contributed by atoms with Gasteiger partial charge in [-0.2, -0.15) is 12.9 Å². The van der Waals surface area contributed by atoms with Crippen LogP contribution in [0.25, 0.3) is 0 Å². The first-order valence-electron chi connectivity index (χ1n) is 6.94. The van der Waals surface area contributed by atoms with E-state index in [0.717, 1.165) is 12.8 Å². The molecule has 0 amide bonds. The summed E-state index contributed by atoms with van der Waals surface area (Å²) in [6.07, 6.45) is 3.76. The van der Waals surface area contributed by atoms with Crippen LogP contribution in [-0.2, 0) is 0 Å². The fourth-order valence-electron chi connectivity index (χ4n) is 1.43. The van der Waals surface area contributed by atoms with E-state index in [1.54, 1.807) is 0 Å². The number of rotatable bonds is 4. The second-order valence-electron chi connectivity index (χ2n) is 4.56. The molecule has 0 saturated carbocycles. The predicted octanol–water partition coefficient (Wildman–Crippen LogP) is 8.19. The average Bonchev–Trinajstić information content (AvgIpc) is 2.37. The summed E-state index contributed by atoms with van der Waals surface area (Å²) in [5.74, 6) is 4.86. The van der Waals surface area contributed by atoms with Crippen molar-refractivity contribution in [2.24, 2.45) is 13.5 Å². The van der Waals surface area contributed by atoms with E-state index in [9.17, 15) is 16.8 Å². The highest BCUT2D eigenvalue weighted by Gasteiger charge is 2.36. The second-order valence-corrected chi connectivity index (χ2v) is 10.2. The van der Waals surface area contributed by atoms with Gasteiger partial charge in [0.1, 0.15) is 0 Å². The minimum Gasteiger partial charge on any atom is -0.168 e. The van der Waals surface area contributed by atoms with Crippen LogP contribution >= 0.6 is 22.9 Å². The molecule has 1 heterocycles. The van der Waals surface area contributed by atoms with E-state index < -0.39 is 22.9 Å². The third-order valence-corrected chi connectivity index (χ3v) is 8.84. The largest absolute Gasteiger partial charge is 0.422 e. The summed E-state index contributed by atoms with van der Waals surface area (Å²) in [6.45, 7) is 3.83. The first-order valence-corrected chi connectivity index (χ1v) is 11.6. The Kier molecular flexibility index (Phi) is 7.48. The van der Waals surface area contributed by atoms with Crippen molar-refractivity contribution in [3.63, 3.8) is 0 Å². The van der Waals surface area contributed by atoms with Crippen molar-refractivity contribution in [3.8, 4) is 23.2 Å². The normalized spacial score (nSPS) is 28.8. The summed E-state index contributed by atoms with van der Waals surface area (Å²) in [5.41, 5.74) is 4.03. The topological polar surface area (TPSA) is 37.1 Å². The number of hydrogen-bond acceptors (Lipinski definition) is 3. The monoisotopic (exact) mass is 373 g/mol. The lowest BCUT2D eigenvalue weighted by Crippen LogP contribution is -1.76. The molecule has 0 N–H and O–H groups in total. The summed E-state index contributed by atoms with van der Waals surface area (Å²) >= 11 is 0. The highest BCUT2D eigenvalue weighted by molar-refractivity contribution is 7.84. The molecule has 0 aromatic carbocycles. The van der Waals surface area contributed by atoms with Crippen LogP contribution in [0, 0.1) is 23.2 Å². The lowest BCUT2D eigenvalue weighted by atomic mass is 10.3. The minimum absolute atomic E-state index is 0.342. The van der Waals surface area contributed by atoms with Crippen LogP contribution in [-0.4, -0.2) is 0 Å². The van der Waals surface area contributed by atoms with Gasteiger partial charge in [-0.25, -0.2) is 0 Å². The van der Waals surface area contributed by atoms with E-state index in [1.807, 2.05) is 25.2 Å². The Hall–Kier alpha value is -0.470. The maximum absolute atomic E-state index is 14.4. The Morgan fingerprint density at radius 1 is 0.727 bits per heavy atom. The highest BCUT2D eigenvalue weighted by Crippen LogP contribution is 2.80. The molecule has 0 aromatic rings. The molecule has 0 aromatic heterocycles. The molecule has 1 aliphatic rings. The molecule has 10 heteroatoms. The molecule has 0 spiro atoms. The fourth-order valence-corrected chi connectivity index (χ4v) is 7.70. The van der Waals surface area contributed by atoms with Gasteiger partial charge in [-0.15, -0.1) is 17.4 Å².